The van der Waals surface area contributed by atoms with E-state index in [-0.39, 0.29) is 22.4 Å². The van der Waals surface area contributed by atoms with Gasteiger partial charge in [-0.1, -0.05) is 27.5 Å². The van der Waals surface area contributed by atoms with Crippen molar-refractivity contribution in [1.29, 1.82) is 0 Å². The number of hydrogen-bond acceptors (Lipinski definition) is 4. The van der Waals surface area contributed by atoms with Gasteiger partial charge in [0.05, 0.1) is 15.6 Å². The fourth-order valence-corrected chi connectivity index (χ4v) is 3.40. The molecule has 5 nitrogen and oxygen atoms in total. The normalized spacial score (nSPS) is 13.2. The van der Waals surface area contributed by atoms with Crippen molar-refractivity contribution in [2.75, 3.05) is 11.5 Å². The van der Waals surface area contributed by atoms with Gasteiger partial charge in [0.2, 0.25) is 6.79 Å². The van der Waals surface area contributed by atoms with Crippen molar-refractivity contribution in [1.82, 2.24) is 0 Å². The van der Waals surface area contributed by atoms with Gasteiger partial charge in [0.25, 0.3) is 10.0 Å². The predicted molar refractivity (Wildman–Crippen MR) is 82.5 cm³/mol. The van der Waals surface area contributed by atoms with Gasteiger partial charge in [-0.2, -0.15) is 0 Å². The van der Waals surface area contributed by atoms with Crippen molar-refractivity contribution < 1.29 is 17.9 Å². The Kier molecular flexibility index (Phi) is 3.73. The van der Waals surface area contributed by atoms with Crippen molar-refractivity contribution in [2.24, 2.45) is 0 Å². The first kappa shape index (κ1) is 14.5. The summed E-state index contributed by atoms with van der Waals surface area (Å²) in [7, 11) is -3.72. The highest BCUT2D eigenvalue weighted by molar-refractivity contribution is 9.10. The Morgan fingerprint density at radius 2 is 1.71 bits per heavy atom. The molecule has 0 spiro atoms. The minimum absolute atomic E-state index is 0.0918. The van der Waals surface area contributed by atoms with Gasteiger partial charge in [0, 0.05) is 16.6 Å². The molecule has 0 saturated carbocycles. The molecule has 1 aliphatic heterocycles. The van der Waals surface area contributed by atoms with Crippen LogP contribution in [-0.2, 0) is 10.0 Å². The molecule has 0 fully saturated rings. The fraction of sp³-hybridized carbons (Fsp3) is 0.0769. The Morgan fingerprint density at radius 3 is 2.38 bits per heavy atom. The minimum Gasteiger partial charge on any atom is -0.454 e. The molecule has 110 valence electrons. The zero-order valence-corrected chi connectivity index (χ0v) is 13.6. The third-order valence-corrected chi connectivity index (χ3v) is 5.05. The Bertz CT molecular complexity index is 793. The van der Waals surface area contributed by atoms with E-state index in [1.54, 1.807) is 12.1 Å². The number of anilines is 1. The van der Waals surface area contributed by atoms with Crippen LogP contribution in [0, 0.1) is 0 Å². The van der Waals surface area contributed by atoms with Crippen LogP contribution in [0.4, 0.5) is 5.69 Å². The van der Waals surface area contributed by atoms with Gasteiger partial charge in [-0.05, 0) is 24.3 Å². The second-order valence-corrected chi connectivity index (χ2v) is 7.25. The lowest BCUT2D eigenvalue weighted by Gasteiger charge is -2.10. The van der Waals surface area contributed by atoms with E-state index in [2.05, 4.69) is 20.7 Å². The van der Waals surface area contributed by atoms with E-state index in [0.717, 1.165) is 4.47 Å². The number of nitrogens with one attached hydrogen (secondary N) is 1. The number of fused-ring (bicyclic) bond motifs is 1. The number of hydrogen-bond donors (Lipinski definition) is 1. The molecule has 0 amide bonds. The van der Waals surface area contributed by atoms with E-state index >= 15 is 0 Å². The first-order chi connectivity index (χ1) is 9.95. The standard InChI is InChI=1S/C13H9BrClNO4S/c14-8-1-3-9(4-2-8)21(17,18)16-11-6-13-12(5-10(11)15)19-7-20-13/h1-6,16H,7H2. The van der Waals surface area contributed by atoms with E-state index < -0.39 is 10.0 Å². The van der Waals surface area contributed by atoms with Crippen LogP contribution < -0.4 is 14.2 Å². The van der Waals surface area contributed by atoms with Crippen molar-refractivity contribution in [3.05, 3.63) is 45.9 Å². The maximum Gasteiger partial charge on any atom is 0.261 e. The molecule has 1 N–H and O–H groups in total. The summed E-state index contributed by atoms with van der Waals surface area (Å²) in [4.78, 5) is 0.138. The summed E-state index contributed by atoms with van der Waals surface area (Å²) in [6, 6.07) is 9.30. The first-order valence-corrected chi connectivity index (χ1v) is 8.49. The third-order valence-electron chi connectivity index (χ3n) is 2.83. The number of benzene rings is 2. The highest BCUT2D eigenvalue weighted by Gasteiger charge is 2.20. The molecule has 0 aliphatic carbocycles. The van der Waals surface area contributed by atoms with Gasteiger partial charge in [-0.15, -0.1) is 0 Å². The van der Waals surface area contributed by atoms with Crippen molar-refractivity contribution in [2.45, 2.75) is 4.90 Å². The van der Waals surface area contributed by atoms with E-state index in [9.17, 15) is 8.42 Å². The maximum absolute atomic E-state index is 12.3. The van der Waals surface area contributed by atoms with Gasteiger partial charge in [0.15, 0.2) is 11.5 Å². The molecular formula is C13H9BrClNO4S. The van der Waals surface area contributed by atoms with Gasteiger partial charge >= 0.3 is 0 Å². The quantitative estimate of drug-likeness (QED) is 0.869. The zero-order valence-electron chi connectivity index (χ0n) is 10.5. The zero-order chi connectivity index (χ0) is 15.0. The summed E-state index contributed by atoms with van der Waals surface area (Å²) in [6.07, 6.45) is 0. The molecule has 8 heteroatoms. The lowest BCUT2D eigenvalue weighted by atomic mass is 10.3. The Hall–Kier alpha value is -1.44. The summed E-state index contributed by atoms with van der Waals surface area (Å²) < 4.78 is 38.2. The molecule has 0 unspecified atom stereocenters. The summed E-state index contributed by atoms with van der Waals surface area (Å²) in [5.74, 6) is 0.944. The Balaban J connectivity index is 1.94. The van der Waals surface area contributed by atoms with Crippen LogP contribution in [0.5, 0.6) is 11.5 Å². The molecule has 1 aliphatic rings. The monoisotopic (exact) mass is 389 g/mol. The van der Waals surface area contributed by atoms with Crippen LogP contribution in [0.2, 0.25) is 5.02 Å². The number of sulfonamides is 1. The molecule has 0 bridgehead atoms. The average molecular weight is 391 g/mol. The maximum atomic E-state index is 12.3. The Labute approximate surface area is 135 Å². The topological polar surface area (TPSA) is 64.6 Å². The summed E-state index contributed by atoms with van der Waals surface area (Å²) in [6.45, 7) is 0.0918. The van der Waals surface area contributed by atoms with Crippen LogP contribution in [0.3, 0.4) is 0 Å². The van der Waals surface area contributed by atoms with E-state index in [1.807, 2.05) is 0 Å². The van der Waals surface area contributed by atoms with Crippen molar-refractivity contribution in [3.8, 4) is 11.5 Å². The first-order valence-electron chi connectivity index (χ1n) is 5.83. The van der Waals surface area contributed by atoms with E-state index in [0.29, 0.717) is 11.5 Å². The highest BCUT2D eigenvalue weighted by Crippen LogP contribution is 2.39. The average Bonchev–Trinajstić information content (AvgIpc) is 2.86. The molecule has 1 heterocycles. The lowest BCUT2D eigenvalue weighted by molar-refractivity contribution is 0.174. The second kappa shape index (κ2) is 5.40. The highest BCUT2D eigenvalue weighted by atomic mass is 79.9. The van der Waals surface area contributed by atoms with Crippen LogP contribution >= 0.6 is 27.5 Å². The molecule has 21 heavy (non-hydrogen) atoms. The van der Waals surface area contributed by atoms with Gasteiger partial charge in [-0.25, -0.2) is 8.42 Å². The smallest absolute Gasteiger partial charge is 0.261 e. The van der Waals surface area contributed by atoms with Crippen molar-refractivity contribution >= 4 is 43.2 Å². The molecule has 2 aromatic rings. The summed E-state index contributed by atoms with van der Waals surface area (Å²) in [5, 5.41) is 0.236. The van der Waals surface area contributed by atoms with Crippen LogP contribution in [-0.4, -0.2) is 15.2 Å². The number of rotatable bonds is 3. The van der Waals surface area contributed by atoms with Gasteiger partial charge < -0.3 is 9.47 Å². The minimum atomic E-state index is -3.72. The summed E-state index contributed by atoms with van der Waals surface area (Å²) >= 11 is 9.31. The predicted octanol–water partition coefficient (Wildman–Crippen LogP) is 3.63. The SMILES string of the molecule is O=S(=O)(Nc1cc2c(cc1Cl)OCO2)c1ccc(Br)cc1. The number of halogens is 2. The molecule has 0 radical (unpaired) electrons. The van der Waals surface area contributed by atoms with Gasteiger partial charge in [-0.3, -0.25) is 4.72 Å². The van der Waals surface area contributed by atoms with Crippen LogP contribution in [0.1, 0.15) is 0 Å². The lowest BCUT2D eigenvalue weighted by Crippen LogP contribution is -2.13. The van der Waals surface area contributed by atoms with Crippen LogP contribution in [0.15, 0.2) is 45.8 Å². The largest absolute Gasteiger partial charge is 0.454 e. The van der Waals surface area contributed by atoms with Gasteiger partial charge in [0.1, 0.15) is 0 Å². The summed E-state index contributed by atoms with van der Waals surface area (Å²) in [5.41, 5.74) is 0.240. The number of ether oxygens (including phenoxy) is 2. The Morgan fingerprint density at radius 1 is 1.10 bits per heavy atom. The second-order valence-electron chi connectivity index (χ2n) is 4.24. The third kappa shape index (κ3) is 2.95. The van der Waals surface area contributed by atoms with Crippen LogP contribution in [0.25, 0.3) is 0 Å². The fourth-order valence-electron chi connectivity index (χ4n) is 1.81. The molecule has 0 aromatic heterocycles. The molecule has 3 rings (SSSR count). The van der Waals surface area contributed by atoms with E-state index in [4.69, 9.17) is 21.1 Å². The van der Waals surface area contributed by atoms with Crippen molar-refractivity contribution in [3.63, 3.8) is 0 Å². The molecule has 0 saturated heterocycles. The van der Waals surface area contributed by atoms with E-state index in [1.165, 1.54) is 24.3 Å². The molecule has 2 aromatic carbocycles. The molecular weight excluding hydrogens is 382 g/mol. The molecule has 0 atom stereocenters.